The molecular weight excluding hydrogens is 250 g/mol. The second-order valence-corrected chi connectivity index (χ2v) is 4.62. The molecule has 19 heavy (non-hydrogen) atoms. The number of nitrogens with zero attached hydrogens (tertiary/aromatic N) is 2. The summed E-state index contributed by atoms with van der Waals surface area (Å²) in [5.41, 5.74) is 2.29. The van der Waals surface area contributed by atoms with Crippen LogP contribution in [0.3, 0.4) is 0 Å². The van der Waals surface area contributed by atoms with E-state index in [0.29, 0.717) is 18.7 Å². The quantitative estimate of drug-likeness (QED) is 0.364. The van der Waals surface area contributed by atoms with Crippen LogP contribution >= 0.6 is 0 Å². The van der Waals surface area contributed by atoms with Gasteiger partial charge in [0.05, 0.1) is 11.0 Å². The average Bonchev–Trinajstić information content (AvgIpc) is 2.41. The summed E-state index contributed by atoms with van der Waals surface area (Å²) in [6, 6.07) is 2.90. The number of aromatic nitrogens is 1. The normalized spacial score (nSPS) is 22.8. The Labute approximate surface area is 110 Å². The van der Waals surface area contributed by atoms with Crippen molar-refractivity contribution in [2.45, 2.75) is 37.8 Å². The highest BCUT2D eigenvalue weighted by Gasteiger charge is 2.23. The molecule has 0 radical (unpaired) electrons. The standard InChI is InChI=1S/C11H17N5O3/c12-15-10-6-5-9(16(18)19)11(14-10)13-7-1-3-8(17)4-2-7/h5-8,17H,1-4,12H2,(H2,13,14,15). The van der Waals surface area contributed by atoms with Crippen LogP contribution in [0.25, 0.3) is 0 Å². The lowest BCUT2D eigenvalue weighted by molar-refractivity contribution is -0.384. The Morgan fingerprint density at radius 1 is 1.37 bits per heavy atom. The molecule has 0 aromatic carbocycles. The number of hydrogen-bond donors (Lipinski definition) is 4. The summed E-state index contributed by atoms with van der Waals surface area (Å²) in [5.74, 6) is 5.83. The van der Waals surface area contributed by atoms with E-state index < -0.39 is 4.92 Å². The predicted molar refractivity (Wildman–Crippen MR) is 70.6 cm³/mol. The largest absolute Gasteiger partial charge is 0.393 e. The first-order valence-corrected chi connectivity index (χ1v) is 6.17. The fourth-order valence-electron chi connectivity index (χ4n) is 2.20. The topological polar surface area (TPSA) is 126 Å². The van der Waals surface area contributed by atoms with E-state index in [1.54, 1.807) is 0 Å². The lowest BCUT2D eigenvalue weighted by Gasteiger charge is -2.26. The summed E-state index contributed by atoms with van der Waals surface area (Å²) in [5, 5.41) is 23.5. The second kappa shape index (κ2) is 5.81. The maximum absolute atomic E-state index is 10.9. The molecule has 1 heterocycles. The van der Waals surface area contributed by atoms with Gasteiger partial charge in [-0.15, -0.1) is 0 Å². The fourth-order valence-corrected chi connectivity index (χ4v) is 2.20. The number of pyridine rings is 1. The van der Waals surface area contributed by atoms with Gasteiger partial charge in [0.2, 0.25) is 5.82 Å². The Balaban J connectivity index is 2.15. The molecule has 0 atom stereocenters. The number of hydrazine groups is 1. The van der Waals surface area contributed by atoms with Crippen LogP contribution in [0.5, 0.6) is 0 Å². The molecule has 2 rings (SSSR count). The Kier molecular flexibility index (Phi) is 4.13. The first-order valence-electron chi connectivity index (χ1n) is 6.17. The molecule has 104 valence electrons. The molecule has 0 unspecified atom stereocenters. The van der Waals surface area contributed by atoms with E-state index in [0.717, 1.165) is 12.8 Å². The van der Waals surface area contributed by atoms with Crippen LogP contribution in [0.1, 0.15) is 25.7 Å². The summed E-state index contributed by atoms with van der Waals surface area (Å²) in [7, 11) is 0. The highest BCUT2D eigenvalue weighted by molar-refractivity contribution is 5.60. The first-order chi connectivity index (χ1) is 9.10. The monoisotopic (exact) mass is 267 g/mol. The Morgan fingerprint density at radius 2 is 2.05 bits per heavy atom. The summed E-state index contributed by atoms with van der Waals surface area (Å²) in [6.45, 7) is 0. The first kappa shape index (κ1) is 13.5. The van der Waals surface area contributed by atoms with Crippen molar-refractivity contribution in [3.05, 3.63) is 22.2 Å². The minimum atomic E-state index is -0.479. The zero-order chi connectivity index (χ0) is 13.8. The van der Waals surface area contributed by atoms with Gasteiger partial charge in [0, 0.05) is 12.1 Å². The summed E-state index contributed by atoms with van der Waals surface area (Å²) in [4.78, 5) is 14.5. The molecule has 0 aliphatic heterocycles. The number of nitrogen functional groups attached to an aromatic ring is 1. The third-order valence-electron chi connectivity index (χ3n) is 3.26. The van der Waals surface area contributed by atoms with Crippen LogP contribution in [0.2, 0.25) is 0 Å². The van der Waals surface area contributed by atoms with Crippen LogP contribution in [-0.4, -0.2) is 27.2 Å². The Morgan fingerprint density at radius 3 is 2.63 bits per heavy atom. The van der Waals surface area contributed by atoms with Gasteiger partial charge in [0.15, 0.2) is 0 Å². The minimum Gasteiger partial charge on any atom is -0.393 e. The van der Waals surface area contributed by atoms with Crippen molar-refractivity contribution in [3.8, 4) is 0 Å². The maximum atomic E-state index is 10.9. The van der Waals surface area contributed by atoms with Crippen molar-refractivity contribution < 1.29 is 10.0 Å². The molecule has 0 spiro atoms. The van der Waals surface area contributed by atoms with Crippen molar-refractivity contribution in [2.24, 2.45) is 5.84 Å². The van der Waals surface area contributed by atoms with E-state index >= 15 is 0 Å². The average molecular weight is 267 g/mol. The van der Waals surface area contributed by atoms with Gasteiger partial charge in [-0.2, -0.15) is 0 Å². The molecule has 1 aliphatic rings. The van der Waals surface area contributed by atoms with E-state index in [1.807, 2.05) is 0 Å². The third-order valence-corrected chi connectivity index (χ3v) is 3.26. The van der Waals surface area contributed by atoms with Gasteiger partial charge in [0.1, 0.15) is 5.82 Å². The number of anilines is 2. The maximum Gasteiger partial charge on any atom is 0.311 e. The highest BCUT2D eigenvalue weighted by Crippen LogP contribution is 2.28. The minimum absolute atomic E-state index is 0.0786. The van der Waals surface area contributed by atoms with Gasteiger partial charge < -0.3 is 15.8 Å². The van der Waals surface area contributed by atoms with Crippen molar-refractivity contribution in [3.63, 3.8) is 0 Å². The summed E-state index contributed by atoms with van der Waals surface area (Å²) >= 11 is 0. The van der Waals surface area contributed by atoms with Crippen molar-refractivity contribution in [2.75, 3.05) is 10.7 Å². The predicted octanol–water partition coefficient (Wildman–Crippen LogP) is 0.991. The number of aliphatic hydroxyl groups excluding tert-OH is 1. The Bertz CT molecular complexity index is 460. The van der Waals surface area contributed by atoms with Gasteiger partial charge in [-0.3, -0.25) is 10.1 Å². The number of rotatable bonds is 4. The third kappa shape index (κ3) is 3.30. The summed E-state index contributed by atoms with van der Waals surface area (Å²) in [6.07, 6.45) is 2.65. The lowest BCUT2D eigenvalue weighted by atomic mass is 9.93. The Hall–Kier alpha value is -1.93. The molecule has 1 saturated carbocycles. The zero-order valence-corrected chi connectivity index (χ0v) is 10.4. The molecule has 8 nitrogen and oxygen atoms in total. The molecule has 1 aromatic heterocycles. The number of aliphatic hydroxyl groups is 1. The smallest absolute Gasteiger partial charge is 0.311 e. The van der Waals surface area contributed by atoms with Crippen LogP contribution in [-0.2, 0) is 0 Å². The SMILES string of the molecule is NNc1ccc([N+](=O)[O-])c(NC2CCC(O)CC2)n1. The summed E-state index contributed by atoms with van der Waals surface area (Å²) < 4.78 is 0. The van der Waals surface area contributed by atoms with Gasteiger partial charge in [-0.05, 0) is 31.7 Å². The molecule has 0 saturated heterocycles. The van der Waals surface area contributed by atoms with E-state index in [1.165, 1.54) is 12.1 Å². The molecule has 1 aromatic rings. The number of nitrogens with two attached hydrogens (primary N) is 1. The van der Waals surface area contributed by atoms with Gasteiger partial charge >= 0.3 is 5.69 Å². The molecule has 0 bridgehead atoms. The number of nitrogens with one attached hydrogen (secondary N) is 2. The van der Waals surface area contributed by atoms with Crippen molar-refractivity contribution >= 4 is 17.3 Å². The fraction of sp³-hybridized carbons (Fsp3) is 0.545. The van der Waals surface area contributed by atoms with Gasteiger partial charge in [-0.25, -0.2) is 10.8 Å². The highest BCUT2D eigenvalue weighted by atomic mass is 16.6. The number of nitro groups is 1. The van der Waals surface area contributed by atoms with Crippen LogP contribution in [0.4, 0.5) is 17.3 Å². The van der Waals surface area contributed by atoms with Crippen LogP contribution < -0.4 is 16.6 Å². The van der Waals surface area contributed by atoms with E-state index in [2.05, 4.69) is 15.7 Å². The second-order valence-electron chi connectivity index (χ2n) is 4.62. The number of hydrogen-bond acceptors (Lipinski definition) is 7. The van der Waals surface area contributed by atoms with E-state index in [4.69, 9.17) is 5.84 Å². The van der Waals surface area contributed by atoms with Crippen LogP contribution in [0, 0.1) is 10.1 Å². The molecule has 0 amide bonds. The van der Waals surface area contributed by atoms with E-state index in [-0.39, 0.29) is 23.7 Å². The van der Waals surface area contributed by atoms with Crippen LogP contribution in [0.15, 0.2) is 12.1 Å². The van der Waals surface area contributed by atoms with Crippen molar-refractivity contribution in [1.29, 1.82) is 0 Å². The molecule has 1 fully saturated rings. The molecule has 1 aliphatic carbocycles. The van der Waals surface area contributed by atoms with Gasteiger partial charge in [0.25, 0.3) is 0 Å². The molecule has 5 N–H and O–H groups in total. The van der Waals surface area contributed by atoms with Crippen molar-refractivity contribution in [1.82, 2.24) is 4.98 Å². The zero-order valence-electron chi connectivity index (χ0n) is 10.4. The lowest BCUT2D eigenvalue weighted by Crippen LogP contribution is -2.29. The van der Waals surface area contributed by atoms with E-state index in [9.17, 15) is 15.2 Å². The molecule has 8 heteroatoms. The molecular formula is C11H17N5O3. The van der Waals surface area contributed by atoms with Gasteiger partial charge in [-0.1, -0.05) is 0 Å².